The van der Waals surface area contributed by atoms with Gasteiger partial charge in [-0.05, 0) is 51.0 Å². The van der Waals surface area contributed by atoms with Gasteiger partial charge in [-0.2, -0.15) is 0 Å². The third-order valence-electron chi connectivity index (χ3n) is 3.82. The van der Waals surface area contributed by atoms with Crippen LogP contribution in [0.15, 0.2) is 0 Å². The Morgan fingerprint density at radius 1 is 1.17 bits per heavy atom. The lowest BCUT2D eigenvalue weighted by molar-refractivity contribution is -0.145. The Hall–Kier alpha value is -0.570. The number of rotatable bonds is 6. The average molecular weight is 255 g/mol. The molecule has 3 heteroatoms. The molecule has 0 aromatic heterocycles. The molecule has 0 N–H and O–H groups in total. The summed E-state index contributed by atoms with van der Waals surface area (Å²) in [7, 11) is 0. The van der Waals surface area contributed by atoms with E-state index >= 15 is 0 Å². The molecular weight excluding hydrogens is 226 g/mol. The molecule has 1 aliphatic rings. The fourth-order valence-electron chi connectivity index (χ4n) is 3.25. The van der Waals surface area contributed by atoms with E-state index in [1.54, 1.807) is 0 Å². The van der Waals surface area contributed by atoms with Crippen LogP contribution in [-0.2, 0) is 9.53 Å². The molecule has 106 valence electrons. The van der Waals surface area contributed by atoms with E-state index in [-0.39, 0.29) is 5.97 Å². The molecule has 2 atom stereocenters. The summed E-state index contributed by atoms with van der Waals surface area (Å²) in [5.74, 6) is 1.48. The van der Waals surface area contributed by atoms with Gasteiger partial charge in [0.25, 0.3) is 0 Å². The maximum absolute atomic E-state index is 11.7. The summed E-state index contributed by atoms with van der Waals surface area (Å²) in [5, 5.41) is 0. The molecule has 3 nitrogen and oxygen atoms in total. The second-order valence-corrected chi connectivity index (χ2v) is 5.85. The van der Waals surface area contributed by atoms with Crippen molar-refractivity contribution in [3.63, 3.8) is 0 Å². The van der Waals surface area contributed by atoms with E-state index in [0.29, 0.717) is 19.2 Å². The minimum Gasteiger partial charge on any atom is -0.465 e. The summed E-state index contributed by atoms with van der Waals surface area (Å²) in [4.78, 5) is 14.0. The van der Waals surface area contributed by atoms with E-state index < -0.39 is 0 Å². The molecule has 0 bridgehead atoms. The van der Waals surface area contributed by atoms with Gasteiger partial charge in [0, 0.05) is 6.04 Å². The molecule has 0 saturated heterocycles. The van der Waals surface area contributed by atoms with Crippen molar-refractivity contribution in [3.8, 4) is 0 Å². The molecule has 18 heavy (non-hydrogen) atoms. The first-order valence-electron chi connectivity index (χ1n) is 7.46. The monoisotopic (exact) mass is 255 g/mol. The van der Waals surface area contributed by atoms with Gasteiger partial charge in [0.05, 0.1) is 13.2 Å². The Morgan fingerprint density at radius 2 is 1.78 bits per heavy atom. The lowest BCUT2D eigenvalue weighted by atomic mass is 9.80. The minimum absolute atomic E-state index is 0.0724. The normalized spacial score (nSPS) is 28.4. The Labute approximate surface area is 112 Å². The molecule has 0 aromatic carbocycles. The van der Waals surface area contributed by atoms with Crippen molar-refractivity contribution in [1.29, 1.82) is 0 Å². The van der Waals surface area contributed by atoms with E-state index in [1.807, 2.05) is 6.92 Å². The summed E-state index contributed by atoms with van der Waals surface area (Å²) in [5.41, 5.74) is 0. The summed E-state index contributed by atoms with van der Waals surface area (Å²) in [6, 6.07) is 0.563. The van der Waals surface area contributed by atoms with Crippen molar-refractivity contribution in [1.82, 2.24) is 4.90 Å². The number of hydrogen-bond donors (Lipinski definition) is 0. The number of hydrogen-bond acceptors (Lipinski definition) is 3. The van der Waals surface area contributed by atoms with Gasteiger partial charge in [-0.25, -0.2) is 0 Å². The number of esters is 1. The van der Waals surface area contributed by atoms with Gasteiger partial charge in [-0.3, -0.25) is 9.69 Å². The molecule has 2 unspecified atom stereocenters. The van der Waals surface area contributed by atoms with Gasteiger partial charge >= 0.3 is 5.97 Å². The van der Waals surface area contributed by atoms with Gasteiger partial charge in [0.15, 0.2) is 0 Å². The zero-order valence-electron chi connectivity index (χ0n) is 12.4. The summed E-state index contributed by atoms with van der Waals surface area (Å²) >= 11 is 0. The SMILES string of the molecule is CCCN(CC(=O)OCC)C1CC(C)CC(C)C1. The van der Waals surface area contributed by atoms with Crippen LogP contribution in [0.5, 0.6) is 0 Å². The topological polar surface area (TPSA) is 29.5 Å². The Bertz CT molecular complexity index is 245. The zero-order chi connectivity index (χ0) is 13.5. The predicted octanol–water partition coefficient (Wildman–Crippen LogP) is 3.09. The highest BCUT2D eigenvalue weighted by molar-refractivity contribution is 5.71. The van der Waals surface area contributed by atoms with Crippen LogP contribution in [-0.4, -0.2) is 36.6 Å². The van der Waals surface area contributed by atoms with Gasteiger partial charge < -0.3 is 4.74 Å². The molecule has 1 fully saturated rings. The molecule has 0 heterocycles. The highest BCUT2D eigenvalue weighted by Gasteiger charge is 2.29. The number of nitrogens with zero attached hydrogens (tertiary/aromatic N) is 1. The molecule has 0 amide bonds. The van der Waals surface area contributed by atoms with Crippen LogP contribution in [0.1, 0.15) is 53.4 Å². The molecule has 1 aliphatic carbocycles. The fraction of sp³-hybridized carbons (Fsp3) is 0.933. The highest BCUT2D eigenvalue weighted by Crippen LogP contribution is 2.31. The van der Waals surface area contributed by atoms with Crippen molar-refractivity contribution in [2.75, 3.05) is 19.7 Å². The molecular formula is C15H29NO2. The molecule has 0 spiro atoms. The smallest absolute Gasteiger partial charge is 0.320 e. The first-order valence-corrected chi connectivity index (χ1v) is 7.46. The van der Waals surface area contributed by atoms with Gasteiger partial charge in [0.1, 0.15) is 0 Å². The molecule has 0 aromatic rings. The number of carbonyl (C=O) groups excluding carboxylic acids is 1. The Morgan fingerprint density at radius 3 is 2.28 bits per heavy atom. The van der Waals surface area contributed by atoms with Crippen molar-refractivity contribution in [3.05, 3.63) is 0 Å². The van der Waals surface area contributed by atoms with Gasteiger partial charge in [0.2, 0.25) is 0 Å². The molecule has 0 aliphatic heterocycles. The lowest BCUT2D eigenvalue weighted by Gasteiger charge is -2.38. The summed E-state index contributed by atoms with van der Waals surface area (Å²) in [6.45, 7) is 10.7. The van der Waals surface area contributed by atoms with Gasteiger partial charge in [-0.15, -0.1) is 0 Å². The molecule has 1 rings (SSSR count). The van der Waals surface area contributed by atoms with Crippen molar-refractivity contribution in [2.45, 2.75) is 59.4 Å². The summed E-state index contributed by atoms with van der Waals surface area (Å²) in [6.07, 6.45) is 4.88. The third-order valence-corrected chi connectivity index (χ3v) is 3.82. The van der Waals surface area contributed by atoms with E-state index in [4.69, 9.17) is 4.74 Å². The number of carbonyl (C=O) groups is 1. The maximum Gasteiger partial charge on any atom is 0.320 e. The van der Waals surface area contributed by atoms with Gasteiger partial charge in [-0.1, -0.05) is 20.8 Å². The van der Waals surface area contributed by atoms with E-state index in [1.165, 1.54) is 19.3 Å². The van der Waals surface area contributed by atoms with Crippen LogP contribution in [0.25, 0.3) is 0 Å². The standard InChI is InChI=1S/C15H29NO2/c1-5-7-16(11-15(17)18-6-2)14-9-12(3)8-13(4)10-14/h12-14H,5-11H2,1-4H3. The van der Waals surface area contributed by atoms with Crippen LogP contribution >= 0.6 is 0 Å². The second kappa shape index (κ2) is 7.78. The zero-order valence-corrected chi connectivity index (χ0v) is 12.4. The molecule has 1 saturated carbocycles. The van der Waals surface area contributed by atoms with Crippen molar-refractivity contribution in [2.24, 2.45) is 11.8 Å². The Balaban J connectivity index is 2.56. The van der Waals surface area contributed by atoms with E-state index in [9.17, 15) is 4.79 Å². The fourth-order valence-corrected chi connectivity index (χ4v) is 3.25. The van der Waals surface area contributed by atoms with Crippen molar-refractivity contribution >= 4 is 5.97 Å². The van der Waals surface area contributed by atoms with Crippen molar-refractivity contribution < 1.29 is 9.53 Å². The predicted molar refractivity (Wildman–Crippen MR) is 74.5 cm³/mol. The maximum atomic E-state index is 11.7. The van der Waals surface area contributed by atoms with Crippen LogP contribution < -0.4 is 0 Å². The van der Waals surface area contributed by atoms with E-state index in [2.05, 4.69) is 25.7 Å². The largest absolute Gasteiger partial charge is 0.465 e. The number of ether oxygens (including phenoxy) is 1. The minimum atomic E-state index is -0.0724. The first kappa shape index (κ1) is 15.5. The highest BCUT2D eigenvalue weighted by atomic mass is 16.5. The summed E-state index contributed by atoms with van der Waals surface area (Å²) < 4.78 is 5.08. The average Bonchev–Trinajstić information content (AvgIpc) is 2.27. The van der Waals surface area contributed by atoms with Crippen LogP contribution in [0.2, 0.25) is 0 Å². The second-order valence-electron chi connectivity index (χ2n) is 5.85. The quantitative estimate of drug-likeness (QED) is 0.683. The lowest BCUT2D eigenvalue weighted by Crippen LogP contribution is -2.44. The molecule has 0 radical (unpaired) electrons. The first-order chi connectivity index (χ1) is 8.56. The van der Waals surface area contributed by atoms with Crippen LogP contribution in [0.3, 0.4) is 0 Å². The van der Waals surface area contributed by atoms with Crippen LogP contribution in [0, 0.1) is 11.8 Å². The van der Waals surface area contributed by atoms with Crippen LogP contribution in [0.4, 0.5) is 0 Å². The third kappa shape index (κ3) is 4.97. The Kier molecular flexibility index (Phi) is 6.69. The van der Waals surface area contributed by atoms with E-state index in [0.717, 1.165) is 24.8 Å².